The molecule has 0 saturated carbocycles. The van der Waals surface area contributed by atoms with Gasteiger partial charge in [-0.25, -0.2) is 4.68 Å². The number of hydrogen-bond acceptors (Lipinski definition) is 4. The Morgan fingerprint density at radius 2 is 2.07 bits per heavy atom. The topological polar surface area (TPSA) is 71.8 Å². The van der Waals surface area contributed by atoms with Gasteiger partial charge < -0.3 is 10.6 Å². The number of halogens is 4. The molecule has 1 aromatic carbocycles. The maximum atomic E-state index is 13.0. The smallest absolute Gasteiger partial charge is 0.344 e. The lowest BCUT2D eigenvalue weighted by Gasteiger charge is -2.22. The van der Waals surface area contributed by atoms with Crippen LogP contribution in [-0.4, -0.2) is 34.0 Å². The van der Waals surface area contributed by atoms with Gasteiger partial charge in [0, 0.05) is 0 Å². The van der Waals surface area contributed by atoms with Crippen LogP contribution in [-0.2, 0) is 6.18 Å². The number of alkyl halides is 3. The van der Waals surface area contributed by atoms with Gasteiger partial charge in [-0.2, -0.15) is 13.2 Å². The van der Waals surface area contributed by atoms with Crippen LogP contribution >= 0.6 is 12.4 Å². The van der Waals surface area contributed by atoms with Crippen LogP contribution in [0.25, 0.3) is 0 Å². The summed E-state index contributed by atoms with van der Waals surface area (Å²) < 4.78 is 40.7. The first-order chi connectivity index (χ1) is 13.4. The predicted octanol–water partition coefficient (Wildman–Crippen LogP) is 3.91. The van der Waals surface area contributed by atoms with Crippen LogP contribution in [0.2, 0.25) is 0 Å². The van der Waals surface area contributed by atoms with Crippen molar-refractivity contribution in [2.24, 2.45) is 0 Å². The minimum atomic E-state index is -4.42. The van der Waals surface area contributed by atoms with Gasteiger partial charge in [0.1, 0.15) is 0 Å². The number of hydrogen-bond donors (Lipinski definition) is 2. The van der Waals surface area contributed by atoms with E-state index in [1.54, 1.807) is 16.9 Å². The van der Waals surface area contributed by atoms with Crippen LogP contribution in [0.4, 0.5) is 13.2 Å². The van der Waals surface area contributed by atoms with Gasteiger partial charge in [0.05, 0.1) is 23.8 Å². The molecule has 1 aliphatic rings. The number of amides is 1. The lowest BCUT2D eigenvalue weighted by atomic mass is 9.99. The molecule has 0 bridgehead atoms. The molecule has 160 valence electrons. The van der Waals surface area contributed by atoms with E-state index in [0.29, 0.717) is 18.4 Å². The van der Waals surface area contributed by atoms with Gasteiger partial charge in [-0.05, 0) is 50.0 Å². The van der Waals surface area contributed by atoms with Crippen molar-refractivity contribution in [3.63, 3.8) is 0 Å². The Bertz CT molecular complexity index is 805. The van der Waals surface area contributed by atoms with Crippen molar-refractivity contribution in [1.29, 1.82) is 0 Å². The molecule has 0 spiro atoms. The zero-order valence-electron chi connectivity index (χ0n) is 16.1. The molecular formula is C19H25ClF3N5O. The number of piperidine rings is 1. The Labute approximate surface area is 173 Å². The lowest BCUT2D eigenvalue weighted by molar-refractivity contribution is -0.137. The first kappa shape index (κ1) is 23.2. The number of aromatic nitrogens is 3. The molecule has 1 saturated heterocycles. The van der Waals surface area contributed by atoms with E-state index in [0.717, 1.165) is 38.1 Å². The molecule has 1 fully saturated rings. The van der Waals surface area contributed by atoms with Crippen molar-refractivity contribution >= 4 is 18.3 Å². The molecule has 1 aliphatic heterocycles. The molecule has 1 amide bonds. The molecule has 2 heterocycles. The second-order valence-electron chi connectivity index (χ2n) is 7.00. The quantitative estimate of drug-likeness (QED) is 0.727. The molecule has 6 nitrogen and oxygen atoms in total. The fourth-order valence-corrected chi connectivity index (χ4v) is 3.41. The van der Waals surface area contributed by atoms with E-state index in [-0.39, 0.29) is 24.1 Å². The minimum absolute atomic E-state index is 0. The molecule has 0 radical (unpaired) electrons. The molecule has 1 aromatic heterocycles. The van der Waals surface area contributed by atoms with E-state index < -0.39 is 23.7 Å². The summed E-state index contributed by atoms with van der Waals surface area (Å²) in [5.41, 5.74) is -0.125. The van der Waals surface area contributed by atoms with Crippen LogP contribution in [0.15, 0.2) is 30.5 Å². The van der Waals surface area contributed by atoms with E-state index >= 15 is 0 Å². The summed E-state index contributed by atoms with van der Waals surface area (Å²) in [5, 5.41) is 14.1. The highest BCUT2D eigenvalue weighted by atomic mass is 35.5. The largest absolute Gasteiger partial charge is 0.416 e. The minimum Gasteiger partial charge on any atom is -0.344 e. The fraction of sp³-hybridized carbons (Fsp3) is 0.526. The second-order valence-corrected chi connectivity index (χ2v) is 7.00. The summed E-state index contributed by atoms with van der Waals surface area (Å²) in [6, 6.07) is 4.75. The zero-order valence-corrected chi connectivity index (χ0v) is 16.9. The second kappa shape index (κ2) is 10.1. The van der Waals surface area contributed by atoms with E-state index in [4.69, 9.17) is 0 Å². The number of carbonyl (C=O) groups excluding carboxylic acids is 1. The highest BCUT2D eigenvalue weighted by Gasteiger charge is 2.31. The fourth-order valence-electron chi connectivity index (χ4n) is 3.41. The SMILES string of the molecule is CCCC(NC(=O)c1cn(C2CCNCC2)nn1)c1cccc(C(F)(F)F)c1.Cl. The van der Waals surface area contributed by atoms with Crippen LogP contribution in [0.3, 0.4) is 0 Å². The van der Waals surface area contributed by atoms with Crippen LogP contribution in [0, 0.1) is 0 Å². The van der Waals surface area contributed by atoms with Crippen molar-refractivity contribution in [3.05, 3.63) is 47.3 Å². The summed E-state index contributed by atoms with van der Waals surface area (Å²) in [5.74, 6) is -0.434. The van der Waals surface area contributed by atoms with Gasteiger partial charge in [-0.3, -0.25) is 4.79 Å². The van der Waals surface area contributed by atoms with Gasteiger partial charge in [0.25, 0.3) is 5.91 Å². The molecule has 1 atom stereocenters. The Morgan fingerprint density at radius 1 is 1.34 bits per heavy atom. The summed E-state index contributed by atoms with van der Waals surface area (Å²) >= 11 is 0. The standard InChI is InChI=1S/C19H24F3N5O.ClH/c1-2-4-16(13-5-3-6-14(11-13)19(20,21)22)24-18(28)17-12-27(26-25-17)15-7-9-23-10-8-15;/h3,5-6,11-12,15-16,23H,2,4,7-10H2,1H3,(H,24,28);1H. The first-order valence-electron chi connectivity index (χ1n) is 9.49. The highest BCUT2D eigenvalue weighted by molar-refractivity contribution is 5.92. The molecule has 0 aliphatic carbocycles. The highest BCUT2D eigenvalue weighted by Crippen LogP contribution is 2.31. The van der Waals surface area contributed by atoms with Crippen molar-refractivity contribution in [1.82, 2.24) is 25.6 Å². The molecular weight excluding hydrogens is 407 g/mol. The van der Waals surface area contributed by atoms with Crippen LogP contribution in [0.5, 0.6) is 0 Å². The number of benzene rings is 1. The van der Waals surface area contributed by atoms with Crippen molar-refractivity contribution in [2.45, 2.75) is 50.9 Å². The van der Waals surface area contributed by atoms with E-state index in [9.17, 15) is 18.0 Å². The summed E-state index contributed by atoms with van der Waals surface area (Å²) in [7, 11) is 0. The third-order valence-corrected chi connectivity index (χ3v) is 4.92. The van der Waals surface area contributed by atoms with Gasteiger partial charge in [0.2, 0.25) is 0 Å². The molecule has 1 unspecified atom stereocenters. The van der Waals surface area contributed by atoms with E-state index in [1.165, 1.54) is 6.07 Å². The van der Waals surface area contributed by atoms with Crippen LogP contribution in [0.1, 0.15) is 66.3 Å². The van der Waals surface area contributed by atoms with Crippen molar-refractivity contribution in [2.75, 3.05) is 13.1 Å². The van der Waals surface area contributed by atoms with Crippen molar-refractivity contribution < 1.29 is 18.0 Å². The van der Waals surface area contributed by atoms with Gasteiger partial charge >= 0.3 is 6.18 Å². The summed E-state index contributed by atoms with van der Waals surface area (Å²) in [6.07, 6.45) is 0.244. The Balaban J connectivity index is 0.00000300. The number of rotatable bonds is 6. The number of nitrogens with zero attached hydrogens (tertiary/aromatic N) is 3. The molecule has 2 aromatic rings. The summed E-state index contributed by atoms with van der Waals surface area (Å²) in [6.45, 7) is 3.69. The normalized spacial score (nSPS) is 16.1. The zero-order chi connectivity index (χ0) is 20.1. The van der Waals surface area contributed by atoms with Gasteiger partial charge in [-0.1, -0.05) is 30.7 Å². The van der Waals surface area contributed by atoms with Crippen LogP contribution < -0.4 is 10.6 Å². The van der Waals surface area contributed by atoms with E-state index in [1.807, 2.05) is 6.92 Å². The van der Waals surface area contributed by atoms with Gasteiger partial charge in [0.15, 0.2) is 5.69 Å². The lowest BCUT2D eigenvalue weighted by Crippen LogP contribution is -2.30. The average molecular weight is 432 g/mol. The number of carbonyl (C=O) groups is 1. The molecule has 3 rings (SSSR count). The molecule has 2 N–H and O–H groups in total. The average Bonchev–Trinajstić information content (AvgIpc) is 3.18. The maximum absolute atomic E-state index is 13.0. The Kier molecular flexibility index (Phi) is 8.04. The number of nitrogens with one attached hydrogen (secondary N) is 2. The molecule has 10 heteroatoms. The maximum Gasteiger partial charge on any atom is 0.416 e. The first-order valence-corrected chi connectivity index (χ1v) is 9.49. The van der Waals surface area contributed by atoms with E-state index in [2.05, 4.69) is 20.9 Å². The molecule has 29 heavy (non-hydrogen) atoms. The van der Waals surface area contributed by atoms with Gasteiger partial charge in [-0.15, -0.1) is 17.5 Å². The third kappa shape index (κ3) is 5.93. The predicted molar refractivity (Wildman–Crippen MR) is 105 cm³/mol. The Morgan fingerprint density at radius 3 is 2.72 bits per heavy atom. The third-order valence-electron chi connectivity index (χ3n) is 4.92. The summed E-state index contributed by atoms with van der Waals surface area (Å²) in [4.78, 5) is 12.6. The monoisotopic (exact) mass is 431 g/mol. The Hall–Kier alpha value is -2.13. The van der Waals surface area contributed by atoms with Crippen molar-refractivity contribution in [3.8, 4) is 0 Å².